The summed E-state index contributed by atoms with van der Waals surface area (Å²) in [4.78, 5) is 14.0. The number of hydrogen-bond donors (Lipinski definition) is 1. The third-order valence-electron chi connectivity index (χ3n) is 5.46. The Hall–Kier alpha value is -3.34. The average Bonchev–Trinajstić information content (AvgIpc) is 2.72. The molecule has 6 nitrogen and oxygen atoms in total. The van der Waals surface area contributed by atoms with Gasteiger partial charge in [-0.3, -0.25) is 15.1 Å². The standard InChI is InChI=1S/C21H16F5N3O3/c22-14-2-1-11-9-27-8-7-12(11)13(14)10-28-16-4-6-17(16)32-18-5-3-15(23)19(21(24,25)26)20(18)29(30)31/h1-3,5,7-9,16-17,28H,4,6,10H2/t16-,17-/m1/s1. The maximum Gasteiger partial charge on any atom is 0.426 e. The topological polar surface area (TPSA) is 77.3 Å². The monoisotopic (exact) mass is 453 g/mol. The minimum Gasteiger partial charge on any atom is -0.482 e. The van der Waals surface area contributed by atoms with E-state index in [0.29, 0.717) is 29.9 Å². The smallest absolute Gasteiger partial charge is 0.426 e. The normalized spacial score (nSPS) is 18.4. The summed E-state index contributed by atoms with van der Waals surface area (Å²) < 4.78 is 73.1. The van der Waals surface area contributed by atoms with Crippen LogP contribution in [0, 0.1) is 21.7 Å². The molecule has 168 valence electrons. The van der Waals surface area contributed by atoms with Crippen molar-refractivity contribution in [3.05, 3.63) is 75.6 Å². The zero-order chi connectivity index (χ0) is 23.0. The number of nitrogens with zero attached hydrogens (tertiary/aromatic N) is 2. The van der Waals surface area contributed by atoms with Gasteiger partial charge in [0, 0.05) is 35.9 Å². The number of fused-ring (bicyclic) bond motifs is 1. The van der Waals surface area contributed by atoms with Gasteiger partial charge in [-0.1, -0.05) is 0 Å². The Kier molecular flexibility index (Phi) is 5.68. The summed E-state index contributed by atoms with van der Waals surface area (Å²) in [6.45, 7) is 0.108. The van der Waals surface area contributed by atoms with Crippen molar-refractivity contribution >= 4 is 16.5 Å². The number of nitro benzene ring substituents is 1. The zero-order valence-electron chi connectivity index (χ0n) is 16.3. The minimum atomic E-state index is -5.26. The SMILES string of the molecule is O=[N+]([O-])c1c(O[C@@H]2CC[C@H]2NCc2c(F)ccc3cnccc23)ccc(F)c1C(F)(F)F. The van der Waals surface area contributed by atoms with Gasteiger partial charge >= 0.3 is 11.9 Å². The fourth-order valence-corrected chi connectivity index (χ4v) is 3.72. The molecule has 0 bridgehead atoms. The first kappa shape index (κ1) is 21.9. The second-order valence-corrected chi connectivity index (χ2v) is 7.37. The van der Waals surface area contributed by atoms with Gasteiger partial charge in [-0.2, -0.15) is 13.2 Å². The lowest BCUT2D eigenvalue weighted by atomic mass is 9.88. The van der Waals surface area contributed by atoms with E-state index >= 15 is 0 Å². The van der Waals surface area contributed by atoms with E-state index < -0.39 is 45.8 Å². The Bertz CT molecular complexity index is 1190. The first-order chi connectivity index (χ1) is 15.2. The van der Waals surface area contributed by atoms with E-state index in [1.54, 1.807) is 18.3 Å². The highest BCUT2D eigenvalue weighted by Crippen LogP contribution is 2.44. The Morgan fingerprint density at radius 1 is 1.12 bits per heavy atom. The first-order valence-electron chi connectivity index (χ1n) is 9.62. The maximum atomic E-state index is 14.4. The molecule has 1 heterocycles. The molecule has 2 atom stereocenters. The minimum absolute atomic E-state index is 0.108. The van der Waals surface area contributed by atoms with Crippen LogP contribution in [0.15, 0.2) is 42.7 Å². The summed E-state index contributed by atoms with van der Waals surface area (Å²) in [7, 11) is 0. The number of nitrogens with one attached hydrogen (secondary N) is 1. The molecule has 32 heavy (non-hydrogen) atoms. The Labute approximate surface area is 178 Å². The van der Waals surface area contributed by atoms with Crippen molar-refractivity contribution in [1.29, 1.82) is 0 Å². The van der Waals surface area contributed by atoms with E-state index in [2.05, 4.69) is 10.3 Å². The van der Waals surface area contributed by atoms with Crippen LogP contribution in [-0.4, -0.2) is 22.1 Å². The van der Waals surface area contributed by atoms with Crippen LogP contribution in [0.5, 0.6) is 5.75 Å². The lowest BCUT2D eigenvalue weighted by molar-refractivity contribution is -0.389. The lowest BCUT2D eigenvalue weighted by Crippen LogP contribution is -2.50. The highest BCUT2D eigenvalue weighted by atomic mass is 19.4. The molecule has 1 fully saturated rings. The van der Waals surface area contributed by atoms with Gasteiger partial charge in [0.05, 0.1) is 4.92 Å². The molecule has 0 spiro atoms. The number of aromatic nitrogens is 1. The maximum absolute atomic E-state index is 14.4. The molecule has 0 radical (unpaired) electrons. The molecule has 1 aliphatic rings. The van der Waals surface area contributed by atoms with Crippen molar-refractivity contribution in [1.82, 2.24) is 10.3 Å². The van der Waals surface area contributed by atoms with Crippen LogP contribution in [0.3, 0.4) is 0 Å². The van der Waals surface area contributed by atoms with Crippen LogP contribution in [0.4, 0.5) is 27.6 Å². The van der Waals surface area contributed by atoms with E-state index in [9.17, 15) is 32.1 Å². The number of hydrogen-bond acceptors (Lipinski definition) is 5. The molecule has 1 aromatic heterocycles. The largest absolute Gasteiger partial charge is 0.482 e. The number of benzene rings is 2. The first-order valence-corrected chi connectivity index (χ1v) is 9.62. The van der Waals surface area contributed by atoms with E-state index in [1.807, 2.05) is 0 Å². The van der Waals surface area contributed by atoms with Crippen LogP contribution in [0.1, 0.15) is 24.0 Å². The van der Waals surface area contributed by atoms with Crippen molar-refractivity contribution in [3.8, 4) is 5.75 Å². The summed E-state index contributed by atoms with van der Waals surface area (Å²) in [5.74, 6) is -2.85. The van der Waals surface area contributed by atoms with Gasteiger partial charge < -0.3 is 10.1 Å². The van der Waals surface area contributed by atoms with Crippen molar-refractivity contribution < 1.29 is 31.6 Å². The zero-order valence-corrected chi connectivity index (χ0v) is 16.3. The molecule has 2 aromatic carbocycles. The number of nitro groups is 1. The highest BCUT2D eigenvalue weighted by molar-refractivity contribution is 5.84. The van der Waals surface area contributed by atoms with Crippen molar-refractivity contribution in [2.75, 3.05) is 0 Å². The van der Waals surface area contributed by atoms with Crippen molar-refractivity contribution in [2.24, 2.45) is 0 Å². The van der Waals surface area contributed by atoms with Gasteiger partial charge in [0.15, 0.2) is 11.3 Å². The van der Waals surface area contributed by atoms with Crippen LogP contribution in [0.2, 0.25) is 0 Å². The van der Waals surface area contributed by atoms with Crippen LogP contribution in [-0.2, 0) is 12.7 Å². The van der Waals surface area contributed by atoms with E-state index in [0.717, 1.165) is 11.5 Å². The summed E-state index contributed by atoms with van der Waals surface area (Å²) in [6, 6.07) is 5.51. The Morgan fingerprint density at radius 3 is 2.53 bits per heavy atom. The Balaban J connectivity index is 1.54. The van der Waals surface area contributed by atoms with Crippen LogP contribution in [0.25, 0.3) is 10.8 Å². The molecule has 1 aliphatic carbocycles. The lowest BCUT2D eigenvalue weighted by Gasteiger charge is -2.37. The van der Waals surface area contributed by atoms with Gasteiger partial charge in [0.25, 0.3) is 0 Å². The Morgan fingerprint density at radius 2 is 1.88 bits per heavy atom. The molecule has 3 aromatic rings. The quantitative estimate of drug-likeness (QED) is 0.318. The van der Waals surface area contributed by atoms with E-state index in [-0.39, 0.29) is 12.6 Å². The fraction of sp³-hybridized carbons (Fsp3) is 0.286. The molecular weight excluding hydrogens is 437 g/mol. The predicted molar refractivity (Wildman–Crippen MR) is 104 cm³/mol. The molecular formula is C21H16F5N3O3. The number of ether oxygens (including phenoxy) is 1. The summed E-state index contributed by atoms with van der Waals surface area (Å²) in [6.07, 6.45) is -1.84. The van der Waals surface area contributed by atoms with Gasteiger partial charge in [0.1, 0.15) is 17.7 Å². The average molecular weight is 453 g/mol. The third kappa shape index (κ3) is 4.07. The van der Waals surface area contributed by atoms with Crippen molar-refractivity contribution in [3.63, 3.8) is 0 Å². The second kappa shape index (κ2) is 8.30. The van der Waals surface area contributed by atoms with Gasteiger partial charge in [-0.25, -0.2) is 8.78 Å². The van der Waals surface area contributed by atoms with Crippen LogP contribution < -0.4 is 10.1 Å². The summed E-state index contributed by atoms with van der Waals surface area (Å²) in [5, 5.41) is 15.8. The van der Waals surface area contributed by atoms with Gasteiger partial charge in [-0.05, 0) is 48.6 Å². The molecule has 0 amide bonds. The molecule has 4 rings (SSSR count). The van der Waals surface area contributed by atoms with E-state index in [1.165, 1.54) is 12.3 Å². The third-order valence-corrected chi connectivity index (χ3v) is 5.46. The molecule has 0 saturated heterocycles. The number of halogens is 5. The molecule has 0 unspecified atom stereocenters. The van der Waals surface area contributed by atoms with Crippen LogP contribution >= 0.6 is 0 Å². The van der Waals surface area contributed by atoms with Crippen molar-refractivity contribution in [2.45, 2.75) is 37.7 Å². The molecule has 1 N–H and O–H groups in total. The highest BCUT2D eigenvalue weighted by Gasteiger charge is 2.45. The molecule has 11 heteroatoms. The van der Waals surface area contributed by atoms with E-state index in [4.69, 9.17) is 4.74 Å². The number of pyridine rings is 1. The van der Waals surface area contributed by atoms with Gasteiger partial charge in [-0.15, -0.1) is 0 Å². The van der Waals surface area contributed by atoms with Gasteiger partial charge in [0.2, 0.25) is 0 Å². The number of rotatable bonds is 6. The predicted octanol–water partition coefficient (Wildman–Crippen LogP) is 5.14. The summed E-state index contributed by atoms with van der Waals surface area (Å²) >= 11 is 0. The number of alkyl halides is 3. The fourth-order valence-electron chi connectivity index (χ4n) is 3.72. The summed E-state index contributed by atoms with van der Waals surface area (Å²) in [5.41, 5.74) is -3.05. The molecule has 0 aliphatic heterocycles. The molecule has 1 saturated carbocycles. The second-order valence-electron chi connectivity index (χ2n) is 7.37.